The first-order chi connectivity index (χ1) is 12.4. The summed E-state index contributed by atoms with van der Waals surface area (Å²) in [4.78, 5) is 14.6. The number of carbonyl (C=O) groups excluding carboxylic acids is 1. The summed E-state index contributed by atoms with van der Waals surface area (Å²) in [6.45, 7) is 1.92. The van der Waals surface area contributed by atoms with Crippen LogP contribution in [0.5, 0.6) is 0 Å². The molecule has 8 heteroatoms. The van der Waals surface area contributed by atoms with E-state index in [1.165, 1.54) is 25.2 Å². The highest BCUT2D eigenvalue weighted by molar-refractivity contribution is 7.92. The Bertz CT molecular complexity index is 897. The van der Waals surface area contributed by atoms with Gasteiger partial charge in [-0.1, -0.05) is 29.8 Å². The van der Waals surface area contributed by atoms with E-state index in [1.807, 2.05) is 0 Å². The monoisotopic (exact) mass is 394 g/mol. The molecular formula is C18H19ClN2O4S. The third-order valence-electron chi connectivity index (χ3n) is 4.24. The van der Waals surface area contributed by atoms with Crippen molar-refractivity contribution in [2.24, 2.45) is 0 Å². The Hall–Kier alpha value is -2.09. The molecular weight excluding hydrogens is 376 g/mol. The van der Waals surface area contributed by atoms with Gasteiger partial charge in [-0.25, -0.2) is 8.42 Å². The first-order valence-corrected chi connectivity index (χ1v) is 9.93. The van der Waals surface area contributed by atoms with E-state index in [0.29, 0.717) is 32.0 Å². The number of halogens is 1. The van der Waals surface area contributed by atoms with Crippen LogP contribution < -0.4 is 4.31 Å². The van der Waals surface area contributed by atoms with Crippen LogP contribution in [0.3, 0.4) is 0 Å². The zero-order valence-corrected chi connectivity index (χ0v) is 15.8. The molecule has 26 heavy (non-hydrogen) atoms. The third-order valence-corrected chi connectivity index (χ3v) is 6.37. The first kappa shape index (κ1) is 18.7. The normalized spacial score (nSPS) is 14.9. The number of benzene rings is 2. The Kier molecular flexibility index (Phi) is 5.50. The van der Waals surface area contributed by atoms with Crippen molar-refractivity contribution in [3.05, 3.63) is 59.1 Å². The van der Waals surface area contributed by atoms with Gasteiger partial charge in [-0.3, -0.25) is 9.10 Å². The van der Waals surface area contributed by atoms with Gasteiger partial charge >= 0.3 is 0 Å². The number of nitrogens with zero attached hydrogens (tertiary/aromatic N) is 2. The predicted molar refractivity (Wildman–Crippen MR) is 100 cm³/mol. The van der Waals surface area contributed by atoms with Crippen molar-refractivity contribution in [3.8, 4) is 0 Å². The minimum absolute atomic E-state index is 0.179. The van der Waals surface area contributed by atoms with Crippen LogP contribution in [0.4, 0.5) is 5.69 Å². The van der Waals surface area contributed by atoms with Crippen molar-refractivity contribution in [1.29, 1.82) is 0 Å². The van der Waals surface area contributed by atoms with Crippen LogP contribution >= 0.6 is 11.6 Å². The SMILES string of the molecule is CN(c1ccc(Cl)c(C(=O)N2CCOCC2)c1)S(=O)(=O)c1ccccc1. The minimum atomic E-state index is -3.73. The van der Waals surface area contributed by atoms with Gasteiger partial charge in [0.2, 0.25) is 0 Å². The Labute approximate surface area is 158 Å². The van der Waals surface area contributed by atoms with E-state index >= 15 is 0 Å². The second-order valence-electron chi connectivity index (χ2n) is 5.85. The molecule has 2 aromatic carbocycles. The number of anilines is 1. The number of rotatable bonds is 4. The molecule has 0 unspecified atom stereocenters. The molecule has 6 nitrogen and oxygen atoms in total. The van der Waals surface area contributed by atoms with Gasteiger partial charge in [0.15, 0.2) is 0 Å². The summed E-state index contributed by atoms with van der Waals surface area (Å²) in [6.07, 6.45) is 0. The molecule has 0 bridgehead atoms. The molecule has 0 aliphatic carbocycles. The summed E-state index contributed by atoms with van der Waals surface area (Å²) < 4.78 is 32.0. The lowest BCUT2D eigenvalue weighted by Crippen LogP contribution is -2.40. The second kappa shape index (κ2) is 7.65. The van der Waals surface area contributed by atoms with Gasteiger partial charge in [-0.15, -0.1) is 0 Å². The van der Waals surface area contributed by atoms with Gasteiger partial charge < -0.3 is 9.64 Å². The molecule has 0 radical (unpaired) electrons. The lowest BCUT2D eigenvalue weighted by molar-refractivity contribution is 0.0303. The topological polar surface area (TPSA) is 66.9 Å². The molecule has 0 N–H and O–H groups in total. The molecule has 1 amide bonds. The fourth-order valence-corrected chi connectivity index (χ4v) is 4.11. The van der Waals surface area contributed by atoms with Crippen molar-refractivity contribution in [2.45, 2.75) is 4.90 Å². The quantitative estimate of drug-likeness (QED) is 0.799. The molecule has 0 aromatic heterocycles. The van der Waals surface area contributed by atoms with Crippen LogP contribution in [-0.4, -0.2) is 52.6 Å². The highest BCUT2D eigenvalue weighted by atomic mass is 35.5. The molecule has 0 saturated carbocycles. The summed E-state index contributed by atoms with van der Waals surface area (Å²) in [5, 5.41) is 0.288. The molecule has 1 saturated heterocycles. The van der Waals surface area contributed by atoms with Crippen molar-refractivity contribution in [3.63, 3.8) is 0 Å². The van der Waals surface area contributed by atoms with Crippen LogP contribution in [-0.2, 0) is 14.8 Å². The van der Waals surface area contributed by atoms with Crippen LogP contribution in [0.1, 0.15) is 10.4 Å². The maximum atomic E-state index is 12.8. The number of hydrogen-bond acceptors (Lipinski definition) is 4. The van der Waals surface area contributed by atoms with Crippen LogP contribution in [0.15, 0.2) is 53.4 Å². The first-order valence-electron chi connectivity index (χ1n) is 8.12. The van der Waals surface area contributed by atoms with Gasteiger partial charge in [-0.05, 0) is 30.3 Å². The highest BCUT2D eigenvalue weighted by Gasteiger charge is 2.25. The molecule has 0 spiro atoms. The summed E-state index contributed by atoms with van der Waals surface area (Å²) >= 11 is 6.20. The van der Waals surface area contributed by atoms with E-state index in [-0.39, 0.29) is 21.4 Å². The molecule has 138 valence electrons. The van der Waals surface area contributed by atoms with E-state index in [2.05, 4.69) is 0 Å². The Morgan fingerprint density at radius 1 is 1.12 bits per heavy atom. The number of carbonyl (C=O) groups is 1. The van der Waals surface area contributed by atoms with Gasteiger partial charge in [0.05, 0.1) is 34.4 Å². The van der Waals surface area contributed by atoms with Crippen LogP contribution in [0, 0.1) is 0 Å². The maximum absolute atomic E-state index is 12.8. The minimum Gasteiger partial charge on any atom is -0.378 e. The number of amides is 1. The Morgan fingerprint density at radius 3 is 2.42 bits per heavy atom. The zero-order chi connectivity index (χ0) is 18.7. The summed E-state index contributed by atoms with van der Waals surface area (Å²) in [7, 11) is -2.27. The van der Waals surface area contributed by atoms with E-state index in [1.54, 1.807) is 35.2 Å². The average molecular weight is 395 g/mol. The van der Waals surface area contributed by atoms with Crippen LogP contribution in [0.25, 0.3) is 0 Å². The molecule has 2 aromatic rings. The summed E-state index contributed by atoms with van der Waals surface area (Å²) in [5.41, 5.74) is 0.649. The molecule has 3 rings (SSSR count). The fraction of sp³-hybridized carbons (Fsp3) is 0.278. The lowest BCUT2D eigenvalue weighted by Gasteiger charge is -2.27. The van der Waals surface area contributed by atoms with Crippen molar-refractivity contribution in [1.82, 2.24) is 4.90 Å². The molecule has 1 fully saturated rings. The van der Waals surface area contributed by atoms with Crippen LogP contribution in [0.2, 0.25) is 5.02 Å². The third kappa shape index (κ3) is 3.70. The van der Waals surface area contributed by atoms with Gasteiger partial charge in [-0.2, -0.15) is 0 Å². The average Bonchev–Trinajstić information content (AvgIpc) is 2.68. The highest BCUT2D eigenvalue weighted by Crippen LogP contribution is 2.27. The van der Waals surface area contributed by atoms with Gasteiger partial charge in [0.1, 0.15) is 0 Å². The summed E-state index contributed by atoms with van der Waals surface area (Å²) in [6, 6.07) is 12.8. The van der Waals surface area contributed by atoms with E-state index in [9.17, 15) is 13.2 Å². The van der Waals surface area contributed by atoms with E-state index in [4.69, 9.17) is 16.3 Å². The lowest BCUT2D eigenvalue weighted by atomic mass is 10.1. The van der Waals surface area contributed by atoms with Crippen molar-refractivity contribution in [2.75, 3.05) is 37.7 Å². The fourth-order valence-electron chi connectivity index (χ4n) is 2.70. The van der Waals surface area contributed by atoms with E-state index in [0.717, 1.165) is 4.31 Å². The van der Waals surface area contributed by atoms with Gasteiger partial charge in [0, 0.05) is 20.1 Å². The molecule has 1 aliphatic rings. The van der Waals surface area contributed by atoms with E-state index < -0.39 is 10.0 Å². The number of sulfonamides is 1. The molecule has 1 aliphatic heterocycles. The van der Waals surface area contributed by atoms with Crippen molar-refractivity contribution < 1.29 is 17.9 Å². The number of ether oxygens (including phenoxy) is 1. The van der Waals surface area contributed by atoms with Crippen molar-refractivity contribution >= 4 is 33.2 Å². The molecule has 1 heterocycles. The Morgan fingerprint density at radius 2 is 1.77 bits per heavy atom. The second-order valence-corrected chi connectivity index (χ2v) is 8.23. The number of hydrogen-bond donors (Lipinski definition) is 0. The summed E-state index contributed by atoms with van der Waals surface area (Å²) in [5.74, 6) is -0.231. The zero-order valence-electron chi connectivity index (χ0n) is 14.3. The number of morpholine rings is 1. The largest absolute Gasteiger partial charge is 0.378 e. The predicted octanol–water partition coefficient (Wildman–Crippen LogP) is 2.64. The smallest absolute Gasteiger partial charge is 0.264 e. The van der Waals surface area contributed by atoms with Gasteiger partial charge in [0.25, 0.3) is 15.9 Å². The molecule has 0 atom stereocenters. The standard InChI is InChI=1S/C18H19ClN2O4S/c1-20(26(23,24)15-5-3-2-4-6-15)14-7-8-17(19)16(13-14)18(22)21-9-11-25-12-10-21/h2-8,13H,9-12H2,1H3. The Balaban J connectivity index is 1.93. The maximum Gasteiger partial charge on any atom is 0.264 e.